The van der Waals surface area contributed by atoms with Crippen molar-refractivity contribution in [3.8, 4) is 0 Å². The molecule has 2 N–H and O–H groups in total. The number of amides is 2. The number of aromatic amines is 1. The minimum Gasteiger partial charge on any atom is -0.481 e. The van der Waals surface area contributed by atoms with Gasteiger partial charge >= 0.3 is 12.0 Å². The predicted molar refractivity (Wildman–Crippen MR) is 69.5 cm³/mol. The fourth-order valence-electron chi connectivity index (χ4n) is 1.69. The van der Waals surface area contributed by atoms with Gasteiger partial charge in [-0.15, -0.1) is 0 Å². The molecule has 0 aliphatic carbocycles. The average molecular weight is 268 g/mol. The standard InChI is InChI=1S/C12H20N4O3/c1-9(2)16(7-4-11(17)18)12(19)15(3)8-10-13-5-6-14-10/h5-6,9H,4,7-8H2,1-3H3,(H,13,14)(H,17,18). The van der Waals surface area contributed by atoms with Crippen LogP contribution in [0.1, 0.15) is 26.1 Å². The Morgan fingerprint density at radius 1 is 1.47 bits per heavy atom. The molecular formula is C12H20N4O3. The van der Waals surface area contributed by atoms with Crippen LogP contribution in [0, 0.1) is 0 Å². The Labute approximate surface area is 112 Å². The maximum Gasteiger partial charge on any atom is 0.320 e. The molecule has 0 bridgehead atoms. The van der Waals surface area contributed by atoms with Gasteiger partial charge in [-0.25, -0.2) is 9.78 Å². The van der Waals surface area contributed by atoms with Crippen LogP contribution in [-0.4, -0.2) is 56.5 Å². The molecule has 1 aromatic rings. The number of H-pyrrole nitrogens is 1. The minimum atomic E-state index is -0.910. The van der Waals surface area contributed by atoms with E-state index < -0.39 is 5.97 Å². The number of carbonyl (C=O) groups excluding carboxylic acids is 1. The third-order valence-electron chi connectivity index (χ3n) is 2.70. The molecular weight excluding hydrogens is 248 g/mol. The summed E-state index contributed by atoms with van der Waals surface area (Å²) < 4.78 is 0. The number of rotatable bonds is 6. The van der Waals surface area contributed by atoms with Gasteiger partial charge in [-0.3, -0.25) is 4.79 Å². The number of carboxylic acids is 1. The third-order valence-corrected chi connectivity index (χ3v) is 2.70. The summed E-state index contributed by atoms with van der Waals surface area (Å²) in [6.07, 6.45) is 3.26. The Morgan fingerprint density at radius 3 is 2.63 bits per heavy atom. The number of nitrogens with zero attached hydrogens (tertiary/aromatic N) is 3. The topological polar surface area (TPSA) is 89.5 Å². The van der Waals surface area contributed by atoms with Gasteiger partial charge in [-0.2, -0.15) is 0 Å². The lowest BCUT2D eigenvalue weighted by molar-refractivity contribution is -0.137. The second-order valence-electron chi connectivity index (χ2n) is 4.61. The number of carbonyl (C=O) groups is 2. The van der Waals surface area contributed by atoms with Crippen molar-refractivity contribution in [2.75, 3.05) is 13.6 Å². The highest BCUT2D eigenvalue weighted by atomic mass is 16.4. The van der Waals surface area contributed by atoms with Gasteiger partial charge in [0.2, 0.25) is 0 Å². The van der Waals surface area contributed by atoms with Crippen LogP contribution in [0.2, 0.25) is 0 Å². The average Bonchev–Trinajstić information content (AvgIpc) is 2.80. The molecule has 0 saturated heterocycles. The van der Waals surface area contributed by atoms with Crippen LogP contribution in [0.15, 0.2) is 12.4 Å². The first-order chi connectivity index (χ1) is 8.91. The number of urea groups is 1. The Kier molecular flexibility index (Phi) is 5.35. The third kappa shape index (κ3) is 4.61. The van der Waals surface area contributed by atoms with Crippen molar-refractivity contribution < 1.29 is 14.7 Å². The van der Waals surface area contributed by atoms with Crippen LogP contribution < -0.4 is 0 Å². The number of aliphatic carboxylic acids is 1. The van der Waals surface area contributed by atoms with Crippen LogP contribution in [0.25, 0.3) is 0 Å². The largest absolute Gasteiger partial charge is 0.481 e. The molecule has 2 amide bonds. The van der Waals surface area contributed by atoms with Gasteiger partial charge in [0.25, 0.3) is 0 Å². The Bertz CT molecular complexity index is 417. The SMILES string of the molecule is CC(C)N(CCC(=O)O)C(=O)N(C)Cc1ncc[nH]1. The summed E-state index contributed by atoms with van der Waals surface area (Å²) in [5.41, 5.74) is 0. The van der Waals surface area contributed by atoms with Gasteiger partial charge in [0, 0.05) is 32.0 Å². The van der Waals surface area contributed by atoms with Crippen molar-refractivity contribution in [2.24, 2.45) is 0 Å². The Morgan fingerprint density at radius 2 is 2.16 bits per heavy atom. The van der Waals surface area contributed by atoms with Crippen LogP contribution in [-0.2, 0) is 11.3 Å². The second kappa shape index (κ2) is 6.77. The molecule has 0 aromatic carbocycles. The lowest BCUT2D eigenvalue weighted by Gasteiger charge is -2.30. The number of aromatic nitrogens is 2. The van der Waals surface area contributed by atoms with Crippen LogP contribution >= 0.6 is 0 Å². The van der Waals surface area contributed by atoms with E-state index in [0.717, 1.165) is 0 Å². The molecule has 1 aromatic heterocycles. The lowest BCUT2D eigenvalue weighted by atomic mass is 10.3. The smallest absolute Gasteiger partial charge is 0.320 e. The predicted octanol–water partition coefficient (Wildman–Crippen LogP) is 1.15. The van der Waals surface area contributed by atoms with Gasteiger partial charge in [-0.05, 0) is 13.8 Å². The first-order valence-electron chi connectivity index (χ1n) is 6.13. The van der Waals surface area contributed by atoms with E-state index in [1.165, 1.54) is 9.80 Å². The molecule has 0 unspecified atom stereocenters. The highest BCUT2D eigenvalue weighted by Gasteiger charge is 2.21. The van der Waals surface area contributed by atoms with Crippen molar-refractivity contribution in [2.45, 2.75) is 32.9 Å². The van der Waals surface area contributed by atoms with E-state index in [1.54, 1.807) is 19.4 Å². The van der Waals surface area contributed by atoms with E-state index in [-0.39, 0.29) is 25.0 Å². The molecule has 106 valence electrons. The molecule has 19 heavy (non-hydrogen) atoms. The minimum absolute atomic E-state index is 0.0501. The summed E-state index contributed by atoms with van der Waals surface area (Å²) in [6.45, 7) is 4.29. The molecule has 1 heterocycles. The number of hydrogen-bond acceptors (Lipinski definition) is 3. The molecule has 7 heteroatoms. The quantitative estimate of drug-likeness (QED) is 0.809. The molecule has 7 nitrogen and oxygen atoms in total. The van der Waals surface area contributed by atoms with Crippen molar-refractivity contribution >= 4 is 12.0 Å². The highest BCUT2D eigenvalue weighted by molar-refractivity contribution is 5.75. The summed E-state index contributed by atoms with van der Waals surface area (Å²) in [6, 6.07) is -0.251. The van der Waals surface area contributed by atoms with Gasteiger partial charge in [0.05, 0.1) is 13.0 Å². The monoisotopic (exact) mass is 268 g/mol. The second-order valence-corrected chi connectivity index (χ2v) is 4.61. The van der Waals surface area contributed by atoms with Gasteiger partial charge < -0.3 is 19.9 Å². The molecule has 0 aliphatic heterocycles. The van der Waals surface area contributed by atoms with Crippen LogP contribution in [0.4, 0.5) is 4.79 Å². The fourth-order valence-corrected chi connectivity index (χ4v) is 1.69. The van der Waals surface area contributed by atoms with E-state index in [9.17, 15) is 9.59 Å². The Hall–Kier alpha value is -2.05. The van der Waals surface area contributed by atoms with Gasteiger partial charge in [-0.1, -0.05) is 0 Å². The molecule has 0 saturated carbocycles. The zero-order chi connectivity index (χ0) is 14.4. The van der Waals surface area contributed by atoms with Crippen molar-refractivity contribution in [1.82, 2.24) is 19.8 Å². The van der Waals surface area contributed by atoms with E-state index in [0.29, 0.717) is 12.4 Å². The number of carboxylic acid groups (broad SMARTS) is 1. The van der Waals surface area contributed by atoms with E-state index >= 15 is 0 Å². The van der Waals surface area contributed by atoms with E-state index in [2.05, 4.69) is 9.97 Å². The zero-order valence-corrected chi connectivity index (χ0v) is 11.5. The summed E-state index contributed by atoms with van der Waals surface area (Å²) in [4.78, 5) is 32.9. The number of imidazole rings is 1. The summed E-state index contributed by atoms with van der Waals surface area (Å²) in [5.74, 6) is -0.218. The van der Waals surface area contributed by atoms with E-state index in [1.807, 2.05) is 13.8 Å². The number of nitrogens with one attached hydrogen (secondary N) is 1. The van der Waals surface area contributed by atoms with Crippen molar-refractivity contribution in [1.29, 1.82) is 0 Å². The first kappa shape index (κ1) is 15.0. The molecule has 0 atom stereocenters. The van der Waals surface area contributed by atoms with Gasteiger partial charge in [0.15, 0.2) is 0 Å². The molecule has 0 spiro atoms. The highest BCUT2D eigenvalue weighted by Crippen LogP contribution is 2.07. The lowest BCUT2D eigenvalue weighted by Crippen LogP contribution is -2.45. The first-order valence-corrected chi connectivity index (χ1v) is 6.13. The van der Waals surface area contributed by atoms with Crippen LogP contribution in [0.3, 0.4) is 0 Å². The number of hydrogen-bond donors (Lipinski definition) is 2. The maximum atomic E-state index is 12.2. The molecule has 0 aliphatic rings. The normalized spacial score (nSPS) is 10.5. The van der Waals surface area contributed by atoms with Gasteiger partial charge in [0.1, 0.15) is 5.82 Å². The molecule has 0 radical (unpaired) electrons. The molecule has 1 rings (SSSR count). The Balaban J connectivity index is 2.62. The van der Waals surface area contributed by atoms with Crippen molar-refractivity contribution in [3.05, 3.63) is 18.2 Å². The van der Waals surface area contributed by atoms with Crippen molar-refractivity contribution in [3.63, 3.8) is 0 Å². The summed E-state index contributed by atoms with van der Waals surface area (Å²) in [7, 11) is 1.67. The summed E-state index contributed by atoms with van der Waals surface area (Å²) in [5, 5.41) is 8.71. The fraction of sp³-hybridized carbons (Fsp3) is 0.583. The van der Waals surface area contributed by atoms with Crippen LogP contribution in [0.5, 0.6) is 0 Å². The maximum absolute atomic E-state index is 12.2. The summed E-state index contributed by atoms with van der Waals surface area (Å²) >= 11 is 0. The van der Waals surface area contributed by atoms with E-state index in [4.69, 9.17) is 5.11 Å². The zero-order valence-electron chi connectivity index (χ0n) is 11.5. The molecule has 0 fully saturated rings.